The predicted octanol–water partition coefficient (Wildman–Crippen LogP) is -8.75. The van der Waals surface area contributed by atoms with Crippen molar-refractivity contribution in [2.24, 2.45) is 0 Å². The largest absolute Gasteiger partial charge is 1.00 e. The van der Waals surface area contributed by atoms with Crippen LogP contribution >= 0.6 is 15.6 Å². The van der Waals surface area contributed by atoms with Crippen molar-refractivity contribution in [3.05, 3.63) is 0 Å². The van der Waals surface area contributed by atoms with Crippen molar-refractivity contribution in [2.75, 3.05) is 13.2 Å². The quantitative estimate of drug-likeness (QED) is 0.167. The van der Waals surface area contributed by atoms with Crippen LogP contribution in [0.25, 0.3) is 0 Å². The molecule has 0 aliphatic carbocycles. The molecule has 1 fully saturated rings. The number of aliphatic hydroxyl groups is 3. The van der Waals surface area contributed by atoms with E-state index in [0.717, 1.165) is 0 Å². The number of rotatable bonds is 6. The van der Waals surface area contributed by atoms with Gasteiger partial charge in [0, 0.05) is 0 Å². The third kappa shape index (κ3) is 8.43. The molecule has 0 aromatic heterocycles. The predicted molar refractivity (Wildman–Crippen MR) is 60.1 cm³/mol. The molecule has 124 valence electrons. The Morgan fingerprint density at radius 3 is 1.91 bits per heavy atom. The van der Waals surface area contributed by atoms with Gasteiger partial charge >= 0.3 is 74.8 Å². The van der Waals surface area contributed by atoms with Crippen LogP contribution in [0.5, 0.6) is 0 Å². The molecule has 1 rings (SSSR count). The summed E-state index contributed by atoms with van der Waals surface area (Å²) in [6.07, 6.45) is -5.38. The number of aliphatic hydroxyl groups excluding tert-OH is 2. The van der Waals surface area contributed by atoms with E-state index in [2.05, 4.69) is 13.8 Å². The molecule has 0 amide bonds. The van der Waals surface area contributed by atoms with Crippen LogP contribution in [-0.2, 0) is 22.9 Å². The topological polar surface area (TPSA) is 203 Å². The number of hydrogen-bond acceptors (Lipinski definition) is 8. The molecule has 22 heavy (non-hydrogen) atoms. The number of hydrogen-bond donors (Lipinski definition) is 7. The molecular formula is C6H16Na2O12P2. The number of phosphoric ester groups is 2. The number of phosphoric acid groups is 2. The maximum absolute atomic E-state index is 10.5. The summed E-state index contributed by atoms with van der Waals surface area (Å²) in [4.78, 5) is 33.9. The van der Waals surface area contributed by atoms with Crippen molar-refractivity contribution < 1.29 is 120 Å². The molecule has 1 aliphatic rings. The molecule has 1 heterocycles. The van der Waals surface area contributed by atoms with E-state index in [1.54, 1.807) is 0 Å². The van der Waals surface area contributed by atoms with E-state index in [4.69, 9.17) is 19.6 Å². The Kier molecular flexibility index (Phi) is 11.6. The van der Waals surface area contributed by atoms with Crippen molar-refractivity contribution >= 4 is 15.6 Å². The van der Waals surface area contributed by atoms with Gasteiger partial charge in [-0.1, -0.05) is 0 Å². The van der Waals surface area contributed by atoms with E-state index >= 15 is 0 Å². The van der Waals surface area contributed by atoms with E-state index in [9.17, 15) is 24.4 Å². The van der Waals surface area contributed by atoms with Gasteiger partial charge in [0.2, 0.25) is 5.79 Å². The van der Waals surface area contributed by atoms with Crippen LogP contribution < -0.4 is 59.1 Å². The van der Waals surface area contributed by atoms with E-state index < -0.39 is 53.0 Å². The van der Waals surface area contributed by atoms with Gasteiger partial charge in [-0.05, 0) is 0 Å². The second-order valence-electron chi connectivity index (χ2n) is 3.99. The summed E-state index contributed by atoms with van der Waals surface area (Å²) in [6.45, 7) is -2.05. The summed E-state index contributed by atoms with van der Waals surface area (Å²) < 4.78 is 33.6. The standard InChI is InChI=1S/C6H14O12P2.2Na.2H/c7-4-3(1-16-19(10,11)12)18-6(9,5(4)8)2-17-20(13,14)15;;;;/h3-5,7-9H,1-2H2,(H2,10,11,12)(H2,13,14,15);;;;/q;2*+1;2*-1/t3-,4-,5+,6-;;;;/m1..../s1. The first kappa shape index (κ1) is 26.3. The molecule has 1 saturated heterocycles. The van der Waals surface area contributed by atoms with Gasteiger partial charge in [0.1, 0.15) is 24.9 Å². The second kappa shape index (κ2) is 9.67. The first-order valence-corrected chi connectivity index (χ1v) is 8.07. The molecular weight excluding hydrogens is 372 g/mol. The molecule has 7 N–H and O–H groups in total. The Hall–Kier alpha value is 2.06. The van der Waals surface area contributed by atoms with E-state index in [1.807, 2.05) is 0 Å². The summed E-state index contributed by atoms with van der Waals surface area (Å²) >= 11 is 0. The normalized spacial score (nSPS) is 32.2. The fourth-order valence-electron chi connectivity index (χ4n) is 1.47. The second-order valence-corrected chi connectivity index (χ2v) is 6.47. The van der Waals surface area contributed by atoms with Gasteiger partial charge in [-0.25, -0.2) is 9.13 Å². The third-order valence-electron chi connectivity index (χ3n) is 2.37. The van der Waals surface area contributed by atoms with Crippen LogP contribution in [0.1, 0.15) is 2.85 Å². The maximum atomic E-state index is 10.5. The SMILES string of the molecule is O=P(O)(O)OC[C@H]1O[C@](O)(COP(=O)(O)O)[C@@H](O)[C@@H]1O.[H-].[H-].[Na+].[Na+]. The van der Waals surface area contributed by atoms with Crippen LogP contribution in [0, 0.1) is 0 Å². The molecule has 0 aromatic rings. The summed E-state index contributed by atoms with van der Waals surface area (Å²) in [6, 6.07) is 0. The van der Waals surface area contributed by atoms with Gasteiger partial charge in [0.25, 0.3) is 0 Å². The van der Waals surface area contributed by atoms with Crippen LogP contribution in [-0.4, -0.2) is 72.2 Å². The minimum atomic E-state index is -4.96. The molecule has 0 spiro atoms. The molecule has 1 aliphatic heterocycles. The minimum Gasteiger partial charge on any atom is -1.00 e. The summed E-state index contributed by atoms with van der Waals surface area (Å²) in [5.41, 5.74) is 0. The van der Waals surface area contributed by atoms with Crippen molar-refractivity contribution in [1.29, 1.82) is 0 Å². The fraction of sp³-hybridized carbons (Fsp3) is 1.00. The Labute approximate surface area is 171 Å². The summed E-state index contributed by atoms with van der Waals surface area (Å²) in [5.74, 6) is -2.66. The molecule has 0 unspecified atom stereocenters. The van der Waals surface area contributed by atoms with Gasteiger partial charge in [-0.15, -0.1) is 0 Å². The Morgan fingerprint density at radius 1 is 1.05 bits per heavy atom. The minimum absolute atomic E-state index is 0. The molecule has 4 atom stereocenters. The van der Waals surface area contributed by atoms with Crippen molar-refractivity contribution in [2.45, 2.75) is 24.1 Å². The smallest absolute Gasteiger partial charge is 1.00 e. The zero-order chi connectivity index (χ0) is 15.8. The summed E-state index contributed by atoms with van der Waals surface area (Å²) in [5, 5.41) is 28.8. The van der Waals surface area contributed by atoms with Gasteiger partial charge in [-0.3, -0.25) is 9.05 Å². The Morgan fingerprint density at radius 2 is 1.50 bits per heavy atom. The zero-order valence-corrected chi connectivity index (χ0v) is 17.5. The maximum Gasteiger partial charge on any atom is 1.00 e. The average Bonchev–Trinajstić information content (AvgIpc) is 2.48. The molecule has 0 radical (unpaired) electrons. The summed E-state index contributed by atoms with van der Waals surface area (Å²) in [7, 11) is -9.82. The zero-order valence-electron chi connectivity index (χ0n) is 13.7. The van der Waals surface area contributed by atoms with E-state index in [1.165, 1.54) is 0 Å². The van der Waals surface area contributed by atoms with Crippen molar-refractivity contribution in [3.63, 3.8) is 0 Å². The Balaban J connectivity index is -0.000000500. The average molecular weight is 388 g/mol. The van der Waals surface area contributed by atoms with E-state index in [0.29, 0.717) is 0 Å². The van der Waals surface area contributed by atoms with Crippen LogP contribution in [0.4, 0.5) is 0 Å². The van der Waals surface area contributed by atoms with Gasteiger partial charge in [0.15, 0.2) is 0 Å². The monoisotopic (exact) mass is 388 g/mol. The molecule has 12 nitrogen and oxygen atoms in total. The molecule has 0 bridgehead atoms. The molecule has 0 saturated carbocycles. The van der Waals surface area contributed by atoms with Crippen LogP contribution in [0.2, 0.25) is 0 Å². The number of ether oxygens (including phenoxy) is 1. The first-order valence-electron chi connectivity index (χ1n) is 5.00. The fourth-order valence-corrected chi connectivity index (χ4v) is 2.17. The van der Waals surface area contributed by atoms with Gasteiger partial charge in [-0.2, -0.15) is 0 Å². The molecule has 0 aromatic carbocycles. The van der Waals surface area contributed by atoms with Crippen molar-refractivity contribution in [3.8, 4) is 0 Å². The van der Waals surface area contributed by atoms with Crippen LogP contribution in [0.15, 0.2) is 0 Å². The van der Waals surface area contributed by atoms with Gasteiger partial charge < -0.3 is 42.5 Å². The van der Waals surface area contributed by atoms with Crippen LogP contribution in [0.3, 0.4) is 0 Å². The third-order valence-corrected chi connectivity index (χ3v) is 3.32. The first-order chi connectivity index (χ1) is 8.84. The van der Waals surface area contributed by atoms with E-state index in [-0.39, 0.29) is 62.0 Å². The van der Waals surface area contributed by atoms with Gasteiger partial charge in [0.05, 0.1) is 6.61 Å². The molecule has 16 heteroatoms. The van der Waals surface area contributed by atoms with Crippen molar-refractivity contribution in [1.82, 2.24) is 0 Å². The Bertz CT molecular complexity index is 447.